The summed E-state index contributed by atoms with van der Waals surface area (Å²) in [6.45, 7) is 4.47. The van der Waals surface area contributed by atoms with Gasteiger partial charge in [-0.05, 0) is 43.5 Å². The summed E-state index contributed by atoms with van der Waals surface area (Å²) >= 11 is 0. The number of nitrogens with one attached hydrogen (secondary N) is 2. The Balaban J connectivity index is 1.82. The van der Waals surface area contributed by atoms with Crippen molar-refractivity contribution in [2.24, 2.45) is 0 Å². The molecule has 0 saturated heterocycles. The zero-order valence-electron chi connectivity index (χ0n) is 12.3. The number of aryl methyl sites for hydroxylation is 2. The lowest BCUT2D eigenvalue weighted by molar-refractivity contribution is 0.252. The Morgan fingerprint density at radius 1 is 1.10 bits per heavy atom. The molecule has 0 aliphatic carbocycles. The van der Waals surface area contributed by atoms with Crippen LogP contribution in [0.5, 0.6) is 5.75 Å². The van der Waals surface area contributed by atoms with Gasteiger partial charge < -0.3 is 15.7 Å². The van der Waals surface area contributed by atoms with Crippen molar-refractivity contribution < 1.29 is 9.90 Å². The minimum atomic E-state index is -0.318. The van der Waals surface area contributed by atoms with Gasteiger partial charge in [-0.2, -0.15) is 0 Å². The quantitative estimate of drug-likeness (QED) is 0.754. The molecule has 0 aromatic heterocycles. The van der Waals surface area contributed by atoms with Crippen LogP contribution in [0.3, 0.4) is 0 Å². The molecule has 0 aliphatic heterocycles. The maximum atomic E-state index is 11.8. The molecule has 0 atom stereocenters. The zero-order chi connectivity index (χ0) is 15.2. The van der Waals surface area contributed by atoms with Crippen LogP contribution < -0.4 is 10.6 Å². The van der Waals surface area contributed by atoms with E-state index >= 15 is 0 Å². The smallest absolute Gasteiger partial charge is 0.319 e. The Morgan fingerprint density at radius 2 is 1.86 bits per heavy atom. The van der Waals surface area contributed by atoms with E-state index in [1.165, 1.54) is 11.1 Å². The van der Waals surface area contributed by atoms with Crippen molar-refractivity contribution in [3.63, 3.8) is 0 Å². The SMILES string of the molecule is Cc1cccc(CCNC(=O)Nc2ccc(C)cc2O)c1. The zero-order valence-corrected chi connectivity index (χ0v) is 12.3. The average molecular weight is 284 g/mol. The van der Waals surface area contributed by atoms with E-state index in [1.807, 2.05) is 38.1 Å². The van der Waals surface area contributed by atoms with Gasteiger partial charge >= 0.3 is 6.03 Å². The number of hydrogen-bond acceptors (Lipinski definition) is 2. The number of urea groups is 1. The first kappa shape index (κ1) is 14.9. The first-order valence-corrected chi connectivity index (χ1v) is 6.94. The average Bonchev–Trinajstić information content (AvgIpc) is 2.42. The third kappa shape index (κ3) is 4.53. The first-order valence-electron chi connectivity index (χ1n) is 6.94. The molecule has 4 nitrogen and oxygen atoms in total. The number of rotatable bonds is 4. The van der Waals surface area contributed by atoms with Crippen LogP contribution in [0.4, 0.5) is 10.5 Å². The Bertz CT molecular complexity index is 638. The summed E-state index contributed by atoms with van der Waals surface area (Å²) in [6, 6.07) is 13.0. The fraction of sp³-hybridized carbons (Fsp3) is 0.235. The van der Waals surface area contributed by atoms with Crippen molar-refractivity contribution in [3.8, 4) is 5.75 Å². The van der Waals surface area contributed by atoms with Crippen molar-refractivity contribution in [3.05, 3.63) is 59.2 Å². The molecular formula is C17H20N2O2. The lowest BCUT2D eigenvalue weighted by Crippen LogP contribution is -2.30. The molecule has 2 aromatic rings. The third-order valence-electron chi connectivity index (χ3n) is 3.18. The second-order valence-electron chi connectivity index (χ2n) is 5.14. The highest BCUT2D eigenvalue weighted by Crippen LogP contribution is 2.23. The molecule has 2 rings (SSSR count). The Morgan fingerprint density at radius 3 is 2.57 bits per heavy atom. The summed E-state index contributed by atoms with van der Waals surface area (Å²) in [4.78, 5) is 11.8. The molecule has 0 radical (unpaired) electrons. The summed E-state index contributed by atoms with van der Waals surface area (Å²) in [7, 11) is 0. The molecule has 2 aromatic carbocycles. The lowest BCUT2D eigenvalue weighted by Gasteiger charge is -2.09. The number of phenolic OH excluding ortho intramolecular Hbond substituents is 1. The van der Waals surface area contributed by atoms with Gasteiger partial charge in [-0.3, -0.25) is 0 Å². The van der Waals surface area contributed by atoms with Gasteiger partial charge in [0.25, 0.3) is 0 Å². The molecular weight excluding hydrogens is 264 g/mol. The van der Waals surface area contributed by atoms with Crippen LogP contribution in [-0.4, -0.2) is 17.7 Å². The Kier molecular flexibility index (Phi) is 4.82. The number of benzene rings is 2. The van der Waals surface area contributed by atoms with Gasteiger partial charge in [-0.15, -0.1) is 0 Å². The molecule has 0 heterocycles. The van der Waals surface area contributed by atoms with Crippen LogP contribution in [0, 0.1) is 13.8 Å². The van der Waals surface area contributed by atoms with E-state index in [4.69, 9.17) is 0 Å². The number of phenols is 1. The van der Waals surface area contributed by atoms with Gasteiger partial charge in [0.2, 0.25) is 0 Å². The highest BCUT2D eigenvalue weighted by Gasteiger charge is 2.05. The number of anilines is 1. The number of carbonyl (C=O) groups is 1. The highest BCUT2D eigenvalue weighted by atomic mass is 16.3. The van der Waals surface area contributed by atoms with E-state index in [0.29, 0.717) is 12.2 Å². The molecule has 2 amide bonds. The third-order valence-corrected chi connectivity index (χ3v) is 3.18. The highest BCUT2D eigenvalue weighted by molar-refractivity contribution is 5.90. The molecule has 4 heteroatoms. The van der Waals surface area contributed by atoms with E-state index in [9.17, 15) is 9.90 Å². The van der Waals surface area contributed by atoms with Gasteiger partial charge in [0.05, 0.1) is 5.69 Å². The lowest BCUT2D eigenvalue weighted by atomic mass is 10.1. The standard InChI is InChI=1S/C17H20N2O2/c1-12-4-3-5-14(10-12)8-9-18-17(21)19-15-7-6-13(2)11-16(15)20/h3-7,10-11,20H,8-9H2,1-2H3,(H2,18,19,21). The van der Waals surface area contributed by atoms with E-state index in [0.717, 1.165) is 12.0 Å². The van der Waals surface area contributed by atoms with Crippen molar-refractivity contribution in [2.45, 2.75) is 20.3 Å². The monoisotopic (exact) mass is 284 g/mol. The van der Waals surface area contributed by atoms with Crippen molar-refractivity contribution >= 4 is 11.7 Å². The fourth-order valence-electron chi connectivity index (χ4n) is 2.10. The number of amides is 2. The predicted molar refractivity (Wildman–Crippen MR) is 84.7 cm³/mol. The molecule has 110 valence electrons. The molecule has 0 bridgehead atoms. The van der Waals surface area contributed by atoms with E-state index in [2.05, 4.69) is 16.7 Å². The maximum Gasteiger partial charge on any atom is 0.319 e. The van der Waals surface area contributed by atoms with Gasteiger partial charge in [0, 0.05) is 6.54 Å². The first-order chi connectivity index (χ1) is 10.0. The largest absolute Gasteiger partial charge is 0.506 e. The Labute approximate surface area is 124 Å². The van der Waals surface area contributed by atoms with Crippen molar-refractivity contribution in [1.29, 1.82) is 0 Å². The molecule has 0 fully saturated rings. The summed E-state index contributed by atoms with van der Waals surface area (Å²) in [6.07, 6.45) is 0.773. The van der Waals surface area contributed by atoms with Gasteiger partial charge in [0.1, 0.15) is 5.75 Å². The van der Waals surface area contributed by atoms with Crippen LogP contribution in [0.25, 0.3) is 0 Å². The number of aromatic hydroxyl groups is 1. The Hall–Kier alpha value is -2.49. The fourth-order valence-corrected chi connectivity index (χ4v) is 2.10. The van der Waals surface area contributed by atoms with Crippen LogP contribution in [0.1, 0.15) is 16.7 Å². The summed E-state index contributed by atoms with van der Waals surface area (Å²) < 4.78 is 0. The minimum Gasteiger partial charge on any atom is -0.506 e. The number of hydrogen-bond donors (Lipinski definition) is 3. The van der Waals surface area contributed by atoms with Crippen LogP contribution in [-0.2, 0) is 6.42 Å². The molecule has 3 N–H and O–H groups in total. The predicted octanol–water partition coefficient (Wildman–Crippen LogP) is 3.37. The van der Waals surface area contributed by atoms with E-state index in [1.54, 1.807) is 12.1 Å². The molecule has 0 saturated carbocycles. The minimum absolute atomic E-state index is 0.0730. The maximum absolute atomic E-state index is 11.8. The second kappa shape index (κ2) is 6.79. The summed E-state index contributed by atoms with van der Waals surface area (Å²) in [5, 5.41) is 15.1. The van der Waals surface area contributed by atoms with Crippen LogP contribution in [0.2, 0.25) is 0 Å². The van der Waals surface area contributed by atoms with Gasteiger partial charge in [-0.25, -0.2) is 4.79 Å². The second-order valence-corrected chi connectivity index (χ2v) is 5.14. The summed E-state index contributed by atoms with van der Waals surface area (Å²) in [5.74, 6) is 0.0730. The van der Waals surface area contributed by atoms with E-state index < -0.39 is 0 Å². The normalized spacial score (nSPS) is 10.2. The van der Waals surface area contributed by atoms with Crippen molar-refractivity contribution in [2.75, 3.05) is 11.9 Å². The number of carbonyl (C=O) groups excluding carboxylic acids is 1. The van der Waals surface area contributed by atoms with Gasteiger partial charge in [0.15, 0.2) is 0 Å². The topological polar surface area (TPSA) is 61.4 Å². The molecule has 0 aliphatic rings. The molecule has 0 unspecified atom stereocenters. The van der Waals surface area contributed by atoms with E-state index in [-0.39, 0.29) is 11.8 Å². The van der Waals surface area contributed by atoms with Crippen molar-refractivity contribution in [1.82, 2.24) is 5.32 Å². The van der Waals surface area contributed by atoms with Crippen LogP contribution >= 0.6 is 0 Å². The van der Waals surface area contributed by atoms with Crippen LogP contribution in [0.15, 0.2) is 42.5 Å². The molecule has 21 heavy (non-hydrogen) atoms. The summed E-state index contributed by atoms with van der Waals surface area (Å²) in [5.41, 5.74) is 3.75. The van der Waals surface area contributed by atoms with Gasteiger partial charge in [-0.1, -0.05) is 35.9 Å². The molecule has 0 spiro atoms.